The van der Waals surface area contributed by atoms with Crippen LogP contribution in [0.4, 0.5) is 20.2 Å². The van der Waals surface area contributed by atoms with Gasteiger partial charge in [0, 0.05) is 24.4 Å². The van der Waals surface area contributed by atoms with Gasteiger partial charge in [-0.15, -0.1) is 0 Å². The molecule has 0 bridgehead atoms. The van der Waals surface area contributed by atoms with Crippen molar-refractivity contribution in [2.45, 2.75) is 6.42 Å². The van der Waals surface area contributed by atoms with E-state index in [1.54, 1.807) is 4.90 Å². The van der Waals surface area contributed by atoms with Gasteiger partial charge in [-0.3, -0.25) is 9.59 Å². The molecule has 1 unspecified atom stereocenters. The zero-order valence-corrected chi connectivity index (χ0v) is 14.3. The molecular formula is C21H16F2N2O2. The van der Waals surface area contributed by atoms with Crippen molar-refractivity contribution in [3.63, 3.8) is 0 Å². The van der Waals surface area contributed by atoms with Gasteiger partial charge in [-0.25, -0.2) is 8.78 Å². The Kier molecular flexibility index (Phi) is 4.32. The van der Waals surface area contributed by atoms with Gasteiger partial charge in [0.2, 0.25) is 11.8 Å². The molecule has 0 aromatic heterocycles. The Balaban J connectivity index is 1.56. The maximum absolute atomic E-state index is 13.8. The fourth-order valence-electron chi connectivity index (χ4n) is 3.39. The van der Waals surface area contributed by atoms with Crippen LogP contribution in [-0.2, 0) is 9.59 Å². The number of carbonyl (C=O) groups is 2. The molecule has 0 radical (unpaired) electrons. The van der Waals surface area contributed by atoms with Gasteiger partial charge in [0.25, 0.3) is 0 Å². The maximum Gasteiger partial charge on any atom is 0.229 e. The lowest BCUT2D eigenvalue weighted by Crippen LogP contribution is -2.28. The molecule has 0 spiro atoms. The third-order valence-electron chi connectivity index (χ3n) is 4.74. The van der Waals surface area contributed by atoms with Gasteiger partial charge < -0.3 is 10.2 Å². The number of hydrogen-bond donors (Lipinski definition) is 1. The standard InChI is InChI=1S/C21H16F2N2O2/c22-15-8-9-18(17(23)11-15)24-21(27)14-10-20(26)25(12-14)19-7-3-5-13-4-1-2-6-16(13)19/h1-9,11,14H,10,12H2,(H,24,27). The topological polar surface area (TPSA) is 49.4 Å². The van der Waals surface area contributed by atoms with Crippen LogP contribution in [0.3, 0.4) is 0 Å². The zero-order valence-electron chi connectivity index (χ0n) is 14.3. The smallest absolute Gasteiger partial charge is 0.229 e. The van der Waals surface area contributed by atoms with Gasteiger partial charge in [-0.05, 0) is 23.6 Å². The summed E-state index contributed by atoms with van der Waals surface area (Å²) in [4.78, 5) is 26.6. The van der Waals surface area contributed by atoms with Gasteiger partial charge >= 0.3 is 0 Å². The van der Waals surface area contributed by atoms with Crippen LogP contribution >= 0.6 is 0 Å². The molecule has 0 aliphatic carbocycles. The molecule has 136 valence electrons. The molecule has 1 aliphatic rings. The first-order valence-electron chi connectivity index (χ1n) is 8.57. The first-order valence-corrected chi connectivity index (χ1v) is 8.57. The van der Waals surface area contributed by atoms with E-state index in [2.05, 4.69) is 5.32 Å². The second-order valence-corrected chi connectivity index (χ2v) is 6.52. The molecule has 6 heteroatoms. The van der Waals surface area contributed by atoms with E-state index in [1.165, 1.54) is 6.07 Å². The highest BCUT2D eigenvalue weighted by Gasteiger charge is 2.36. The number of rotatable bonds is 3. The zero-order chi connectivity index (χ0) is 19.0. The van der Waals surface area contributed by atoms with E-state index in [-0.39, 0.29) is 24.6 Å². The van der Waals surface area contributed by atoms with Crippen molar-refractivity contribution in [1.82, 2.24) is 0 Å². The van der Waals surface area contributed by atoms with Crippen molar-refractivity contribution in [3.8, 4) is 0 Å². The highest BCUT2D eigenvalue weighted by Crippen LogP contribution is 2.32. The second-order valence-electron chi connectivity index (χ2n) is 6.52. The summed E-state index contributed by atoms with van der Waals surface area (Å²) in [6, 6.07) is 16.3. The maximum atomic E-state index is 13.8. The lowest BCUT2D eigenvalue weighted by atomic mass is 10.1. The van der Waals surface area contributed by atoms with Crippen LogP contribution in [0.1, 0.15) is 6.42 Å². The van der Waals surface area contributed by atoms with E-state index in [1.807, 2.05) is 42.5 Å². The largest absolute Gasteiger partial charge is 0.323 e. The molecule has 2 amide bonds. The predicted octanol–water partition coefficient (Wildman–Crippen LogP) is 4.11. The summed E-state index contributed by atoms with van der Waals surface area (Å²) in [7, 11) is 0. The summed E-state index contributed by atoms with van der Waals surface area (Å²) >= 11 is 0. The number of nitrogens with one attached hydrogen (secondary N) is 1. The monoisotopic (exact) mass is 366 g/mol. The number of amides is 2. The fraction of sp³-hybridized carbons (Fsp3) is 0.143. The van der Waals surface area contributed by atoms with Gasteiger partial charge in [0.05, 0.1) is 17.3 Å². The Morgan fingerprint density at radius 1 is 1.04 bits per heavy atom. The van der Waals surface area contributed by atoms with E-state index < -0.39 is 23.5 Å². The third kappa shape index (κ3) is 3.26. The van der Waals surface area contributed by atoms with Crippen LogP contribution in [0.2, 0.25) is 0 Å². The van der Waals surface area contributed by atoms with Crippen molar-refractivity contribution < 1.29 is 18.4 Å². The summed E-state index contributed by atoms with van der Waals surface area (Å²) in [6.45, 7) is 0.210. The summed E-state index contributed by atoms with van der Waals surface area (Å²) < 4.78 is 26.8. The molecule has 0 saturated carbocycles. The average Bonchev–Trinajstić information content (AvgIpc) is 3.05. The SMILES string of the molecule is O=C(Nc1ccc(F)cc1F)C1CC(=O)N(c2cccc3ccccc23)C1. The highest BCUT2D eigenvalue weighted by atomic mass is 19.1. The number of anilines is 2. The molecular weight excluding hydrogens is 350 g/mol. The lowest BCUT2D eigenvalue weighted by Gasteiger charge is -2.19. The van der Waals surface area contributed by atoms with Crippen LogP contribution in [0.25, 0.3) is 10.8 Å². The highest BCUT2D eigenvalue weighted by molar-refractivity contribution is 6.08. The van der Waals surface area contributed by atoms with E-state index in [9.17, 15) is 18.4 Å². The molecule has 4 nitrogen and oxygen atoms in total. The Morgan fingerprint density at radius 3 is 2.63 bits per heavy atom. The Morgan fingerprint density at radius 2 is 1.81 bits per heavy atom. The predicted molar refractivity (Wildman–Crippen MR) is 99.4 cm³/mol. The molecule has 3 aromatic carbocycles. The van der Waals surface area contributed by atoms with E-state index in [4.69, 9.17) is 0 Å². The number of halogens is 2. The van der Waals surface area contributed by atoms with Gasteiger partial charge in [0.15, 0.2) is 0 Å². The minimum atomic E-state index is -0.849. The van der Waals surface area contributed by atoms with Crippen molar-refractivity contribution in [3.05, 3.63) is 72.3 Å². The van der Waals surface area contributed by atoms with Gasteiger partial charge in [0.1, 0.15) is 11.6 Å². The van der Waals surface area contributed by atoms with Crippen LogP contribution in [0, 0.1) is 17.6 Å². The first-order chi connectivity index (χ1) is 13.0. The quantitative estimate of drug-likeness (QED) is 0.758. The summed E-state index contributed by atoms with van der Waals surface area (Å²) in [5, 5.41) is 4.38. The molecule has 1 heterocycles. The summed E-state index contributed by atoms with van der Waals surface area (Å²) in [6.07, 6.45) is 0.0396. The van der Waals surface area contributed by atoms with Crippen molar-refractivity contribution >= 4 is 34.0 Å². The molecule has 1 N–H and O–H groups in total. The Hall–Kier alpha value is -3.28. The molecule has 1 aliphatic heterocycles. The van der Waals surface area contributed by atoms with Gasteiger partial charge in [-0.2, -0.15) is 0 Å². The average molecular weight is 366 g/mol. The number of nitrogens with zero attached hydrogens (tertiary/aromatic N) is 1. The van der Waals surface area contributed by atoms with E-state index >= 15 is 0 Å². The van der Waals surface area contributed by atoms with Crippen LogP contribution in [0.15, 0.2) is 60.7 Å². The van der Waals surface area contributed by atoms with Crippen molar-refractivity contribution in [1.29, 1.82) is 0 Å². The summed E-state index contributed by atoms with van der Waals surface area (Å²) in [5.74, 6) is -2.80. The van der Waals surface area contributed by atoms with Crippen molar-refractivity contribution in [2.24, 2.45) is 5.92 Å². The Labute approximate surface area is 154 Å². The molecule has 3 aromatic rings. The van der Waals surface area contributed by atoms with E-state index in [0.29, 0.717) is 6.07 Å². The van der Waals surface area contributed by atoms with Gasteiger partial charge in [-0.1, -0.05) is 36.4 Å². The second kappa shape index (κ2) is 6.79. The Bertz CT molecular complexity index is 1050. The third-order valence-corrected chi connectivity index (χ3v) is 4.74. The van der Waals surface area contributed by atoms with E-state index in [0.717, 1.165) is 22.5 Å². The van der Waals surface area contributed by atoms with Crippen LogP contribution < -0.4 is 10.2 Å². The minimum absolute atomic E-state index is 0.0396. The summed E-state index contributed by atoms with van der Waals surface area (Å²) in [5.41, 5.74) is 0.652. The molecule has 1 fully saturated rings. The van der Waals surface area contributed by atoms with Crippen LogP contribution in [-0.4, -0.2) is 18.4 Å². The number of fused-ring (bicyclic) bond motifs is 1. The minimum Gasteiger partial charge on any atom is -0.323 e. The number of benzene rings is 3. The first kappa shape index (κ1) is 17.1. The molecule has 1 saturated heterocycles. The number of hydrogen-bond acceptors (Lipinski definition) is 2. The molecule has 4 rings (SSSR count). The fourth-order valence-corrected chi connectivity index (χ4v) is 3.39. The molecule has 27 heavy (non-hydrogen) atoms. The van der Waals surface area contributed by atoms with Crippen LogP contribution in [0.5, 0.6) is 0 Å². The lowest BCUT2D eigenvalue weighted by molar-refractivity contribution is -0.122. The number of carbonyl (C=O) groups excluding carboxylic acids is 2. The van der Waals surface area contributed by atoms with Crippen molar-refractivity contribution in [2.75, 3.05) is 16.8 Å². The normalized spacial score (nSPS) is 16.7. The molecule has 1 atom stereocenters.